The molecule has 0 aliphatic carbocycles. The average molecular weight is 526 g/mol. The number of aryl methyl sites for hydroxylation is 2. The van der Waals surface area contributed by atoms with E-state index in [4.69, 9.17) is 4.74 Å². The summed E-state index contributed by atoms with van der Waals surface area (Å²) in [6.07, 6.45) is 1.17. The Bertz CT molecular complexity index is 1050. The van der Waals surface area contributed by atoms with Gasteiger partial charge in [-0.05, 0) is 52.2 Å². The molecule has 0 aliphatic rings. The van der Waals surface area contributed by atoms with Crippen LogP contribution in [0.4, 0.5) is 4.79 Å². The minimum atomic E-state index is -1.02. The molecule has 0 fully saturated rings. The summed E-state index contributed by atoms with van der Waals surface area (Å²) in [4.78, 5) is 41.8. The van der Waals surface area contributed by atoms with Gasteiger partial charge in [-0.1, -0.05) is 73.0 Å². The van der Waals surface area contributed by atoms with Crippen LogP contribution in [0.5, 0.6) is 0 Å². The minimum absolute atomic E-state index is 0.0843. The van der Waals surface area contributed by atoms with Crippen molar-refractivity contribution in [2.45, 2.75) is 78.5 Å². The third kappa shape index (κ3) is 9.82. The van der Waals surface area contributed by atoms with Gasteiger partial charge in [0.15, 0.2) is 0 Å². The van der Waals surface area contributed by atoms with Crippen LogP contribution in [0.3, 0.4) is 0 Å². The number of benzene rings is 2. The molecule has 2 unspecified atom stereocenters. The smallest absolute Gasteiger partial charge is 0.408 e. The summed E-state index contributed by atoms with van der Waals surface area (Å²) in [5, 5.41) is 15.6. The first-order valence-corrected chi connectivity index (χ1v) is 13.3. The Morgan fingerprint density at radius 1 is 1.03 bits per heavy atom. The quantitative estimate of drug-likeness (QED) is 0.360. The molecule has 0 saturated heterocycles. The lowest BCUT2D eigenvalue weighted by atomic mass is 9.97. The maximum absolute atomic E-state index is 14.1. The summed E-state index contributed by atoms with van der Waals surface area (Å²) in [6.45, 7) is 11.2. The second kappa shape index (κ2) is 14.5. The molecule has 0 spiro atoms. The van der Waals surface area contributed by atoms with Crippen LogP contribution in [0.1, 0.15) is 68.8 Å². The van der Waals surface area contributed by atoms with Crippen molar-refractivity contribution in [2.75, 3.05) is 19.7 Å². The van der Waals surface area contributed by atoms with Crippen molar-refractivity contribution in [3.63, 3.8) is 0 Å². The summed E-state index contributed by atoms with van der Waals surface area (Å²) in [5.74, 6) is -0.815. The monoisotopic (exact) mass is 525 g/mol. The van der Waals surface area contributed by atoms with E-state index in [1.54, 1.807) is 20.8 Å². The fraction of sp³-hybridized carbons (Fsp3) is 0.500. The number of ether oxygens (including phenoxy) is 1. The molecule has 0 bridgehead atoms. The third-order valence-electron chi connectivity index (χ3n) is 5.85. The van der Waals surface area contributed by atoms with Crippen molar-refractivity contribution >= 4 is 17.9 Å². The van der Waals surface area contributed by atoms with Gasteiger partial charge in [0.2, 0.25) is 11.8 Å². The highest BCUT2D eigenvalue weighted by atomic mass is 16.6. The highest BCUT2D eigenvalue weighted by Crippen LogP contribution is 2.25. The van der Waals surface area contributed by atoms with E-state index in [1.807, 2.05) is 69.3 Å². The molecular formula is C30H43N3O5. The van der Waals surface area contributed by atoms with Gasteiger partial charge in [0, 0.05) is 19.5 Å². The molecule has 0 saturated carbocycles. The van der Waals surface area contributed by atoms with Gasteiger partial charge < -0.3 is 25.4 Å². The number of hydrogen-bond donors (Lipinski definition) is 3. The first-order chi connectivity index (χ1) is 17.9. The van der Waals surface area contributed by atoms with E-state index in [2.05, 4.69) is 10.6 Å². The predicted molar refractivity (Wildman–Crippen MR) is 149 cm³/mol. The SMILES string of the molecule is CCCCNC(=O)C(c1cc(C)cc(C)c1)N(CCO)C(=O)C(Cc1ccccc1)NC(=O)OC(C)(C)C. The number of nitrogens with one attached hydrogen (secondary N) is 2. The first kappa shape index (κ1) is 30.8. The number of nitrogens with zero attached hydrogens (tertiary/aromatic N) is 1. The molecule has 3 N–H and O–H groups in total. The van der Waals surface area contributed by atoms with E-state index in [0.717, 1.165) is 29.5 Å². The number of unbranched alkanes of at least 4 members (excludes halogenated alkanes) is 1. The number of carbonyl (C=O) groups excluding carboxylic acids is 3. The molecule has 38 heavy (non-hydrogen) atoms. The minimum Gasteiger partial charge on any atom is -0.444 e. The van der Waals surface area contributed by atoms with Crippen molar-refractivity contribution in [2.24, 2.45) is 0 Å². The Hall–Kier alpha value is -3.39. The van der Waals surface area contributed by atoms with E-state index >= 15 is 0 Å². The van der Waals surface area contributed by atoms with Crippen LogP contribution < -0.4 is 10.6 Å². The van der Waals surface area contributed by atoms with Gasteiger partial charge in [-0.15, -0.1) is 0 Å². The lowest BCUT2D eigenvalue weighted by Crippen LogP contribution is -2.54. The van der Waals surface area contributed by atoms with E-state index in [-0.39, 0.29) is 25.5 Å². The summed E-state index contributed by atoms with van der Waals surface area (Å²) in [7, 11) is 0. The number of amides is 3. The molecule has 2 atom stereocenters. The number of aliphatic hydroxyl groups is 1. The van der Waals surface area contributed by atoms with Gasteiger partial charge in [-0.2, -0.15) is 0 Å². The van der Waals surface area contributed by atoms with Gasteiger partial charge in [0.1, 0.15) is 17.7 Å². The van der Waals surface area contributed by atoms with Gasteiger partial charge in [0.25, 0.3) is 0 Å². The van der Waals surface area contributed by atoms with Crippen LogP contribution >= 0.6 is 0 Å². The normalized spacial score (nSPS) is 12.8. The lowest BCUT2D eigenvalue weighted by Gasteiger charge is -2.34. The Kier molecular flexibility index (Phi) is 11.8. The fourth-order valence-corrected chi connectivity index (χ4v) is 4.30. The average Bonchev–Trinajstić information content (AvgIpc) is 2.82. The zero-order valence-electron chi connectivity index (χ0n) is 23.5. The molecule has 2 aromatic rings. The maximum Gasteiger partial charge on any atom is 0.408 e. The molecule has 3 amide bonds. The topological polar surface area (TPSA) is 108 Å². The molecule has 0 heterocycles. The number of aliphatic hydroxyl groups excluding tert-OH is 1. The van der Waals surface area contributed by atoms with Gasteiger partial charge >= 0.3 is 6.09 Å². The summed E-state index contributed by atoms with van der Waals surface area (Å²) >= 11 is 0. The molecule has 0 aromatic heterocycles. The van der Waals surface area contributed by atoms with Crippen LogP contribution in [0.25, 0.3) is 0 Å². The molecule has 8 nitrogen and oxygen atoms in total. The molecule has 0 radical (unpaired) electrons. The highest BCUT2D eigenvalue weighted by molar-refractivity contribution is 5.92. The Morgan fingerprint density at radius 3 is 2.21 bits per heavy atom. The van der Waals surface area contributed by atoms with Crippen LogP contribution in [-0.2, 0) is 20.7 Å². The van der Waals surface area contributed by atoms with E-state index < -0.39 is 29.7 Å². The van der Waals surface area contributed by atoms with Gasteiger partial charge in [-0.3, -0.25) is 9.59 Å². The number of rotatable bonds is 12. The van der Waals surface area contributed by atoms with Crippen LogP contribution in [-0.4, -0.2) is 59.3 Å². The molecule has 2 rings (SSSR count). The Labute approximate surface area is 226 Å². The van der Waals surface area contributed by atoms with Crippen molar-refractivity contribution in [1.29, 1.82) is 0 Å². The molecule has 208 valence electrons. The highest BCUT2D eigenvalue weighted by Gasteiger charge is 2.36. The van der Waals surface area contributed by atoms with Crippen molar-refractivity contribution in [3.8, 4) is 0 Å². The van der Waals surface area contributed by atoms with E-state index in [9.17, 15) is 19.5 Å². The molecule has 2 aromatic carbocycles. The standard InChI is InChI=1S/C30H43N3O5/c1-7-8-14-31-27(35)26(24-18-21(2)17-22(3)19-24)33(15-16-34)28(36)25(20-23-12-10-9-11-13-23)32-29(37)38-30(4,5)6/h9-13,17-19,25-26,34H,7-8,14-16,20H2,1-6H3,(H,31,35)(H,32,37). The fourth-order valence-electron chi connectivity index (χ4n) is 4.30. The van der Waals surface area contributed by atoms with Crippen LogP contribution in [0.15, 0.2) is 48.5 Å². The van der Waals surface area contributed by atoms with E-state index in [0.29, 0.717) is 12.1 Å². The Morgan fingerprint density at radius 2 is 1.66 bits per heavy atom. The second-order valence-electron chi connectivity index (χ2n) is 10.6. The van der Waals surface area contributed by atoms with Crippen LogP contribution in [0.2, 0.25) is 0 Å². The summed E-state index contributed by atoms with van der Waals surface area (Å²) < 4.78 is 5.44. The van der Waals surface area contributed by atoms with Crippen LogP contribution in [0, 0.1) is 13.8 Å². The van der Waals surface area contributed by atoms with Crippen molar-refractivity contribution in [3.05, 3.63) is 70.8 Å². The number of carbonyl (C=O) groups is 3. The second-order valence-corrected chi connectivity index (χ2v) is 10.6. The molecular weight excluding hydrogens is 482 g/mol. The maximum atomic E-state index is 14.1. The zero-order chi connectivity index (χ0) is 28.3. The van der Waals surface area contributed by atoms with Crippen molar-refractivity contribution < 1.29 is 24.2 Å². The summed E-state index contributed by atoms with van der Waals surface area (Å²) in [5.41, 5.74) is 2.64. The van der Waals surface area contributed by atoms with Gasteiger partial charge in [-0.25, -0.2) is 4.79 Å². The summed E-state index contributed by atoms with van der Waals surface area (Å²) in [6, 6.07) is 13.1. The molecule has 0 aliphatic heterocycles. The van der Waals surface area contributed by atoms with Crippen molar-refractivity contribution in [1.82, 2.24) is 15.5 Å². The number of alkyl carbamates (subject to hydrolysis) is 1. The molecule has 8 heteroatoms. The first-order valence-electron chi connectivity index (χ1n) is 13.3. The third-order valence-corrected chi connectivity index (χ3v) is 5.85. The Balaban J connectivity index is 2.52. The lowest BCUT2D eigenvalue weighted by molar-refractivity contribution is -0.143. The largest absolute Gasteiger partial charge is 0.444 e. The number of hydrogen-bond acceptors (Lipinski definition) is 5. The zero-order valence-corrected chi connectivity index (χ0v) is 23.5. The van der Waals surface area contributed by atoms with E-state index in [1.165, 1.54) is 4.90 Å². The predicted octanol–water partition coefficient (Wildman–Crippen LogP) is 4.22. The van der Waals surface area contributed by atoms with Gasteiger partial charge in [0.05, 0.1) is 6.61 Å².